The lowest BCUT2D eigenvalue weighted by Crippen LogP contribution is -2.41. The Labute approximate surface area is 200 Å². The fraction of sp³-hybridized carbons (Fsp3) is 0.400. The number of likely N-dealkylation sites (N-methyl/N-ethyl adjacent to an activating group) is 1. The zero-order chi connectivity index (χ0) is 24.8. The third kappa shape index (κ3) is 4.55. The predicted octanol–water partition coefficient (Wildman–Crippen LogP) is 3.56. The maximum atomic E-state index is 12.9. The van der Waals surface area contributed by atoms with Crippen LogP contribution in [0.2, 0.25) is 0 Å². The van der Waals surface area contributed by atoms with Crippen molar-refractivity contribution in [1.82, 2.24) is 10.2 Å². The van der Waals surface area contributed by atoms with Crippen LogP contribution in [0.3, 0.4) is 0 Å². The summed E-state index contributed by atoms with van der Waals surface area (Å²) in [5, 5.41) is 3.32. The standard InChI is InChI=1S/C25H31N3O5S/c1-15-7-9-17(10-8-15)24-23(25(29)26-3)20-11-19-16(2)32-18(13-27(4)5)14-28(34(6,30)31)21(19)12-22(20)33-24/h7-12,16,18H,13-14H2,1-6H3,(H,26,29). The Balaban J connectivity index is 1.96. The van der Waals surface area contributed by atoms with Crippen molar-refractivity contribution in [2.24, 2.45) is 0 Å². The maximum Gasteiger partial charge on any atom is 0.255 e. The van der Waals surface area contributed by atoms with Crippen LogP contribution >= 0.6 is 0 Å². The van der Waals surface area contributed by atoms with E-state index in [-0.39, 0.29) is 24.7 Å². The number of aryl methyl sites for hydroxylation is 1. The molecule has 1 amide bonds. The molecule has 0 bridgehead atoms. The molecular weight excluding hydrogens is 454 g/mol. The number of carbonyl (C=O) groups is 1. The Morgan fingerprint density at radius 1 is 1.21 bits per heavy atom. The molecule has 0 spiro atoms. The van der Waals surface area contributed by atoms with Gasteiger partial charge >= 0.3 is 0 Å². The van der Waals surface area contributed by atoms with Gasteiger partial charge in [0.1, 0.15) is 11.3 Å². The van der Waals surface area contributed by atoms with E-state index < -0.39 is 10.0 Å². The number of fused-ring (bicyclic) bond motifs is 2. The molecule has 2 heterocycles. The predicted molar refractivity (Wildman–Crippen MR) is 134 cm³/mol. The van der Waals surface area contributed by atoms with Crippen molar-refractivity contribution >= 4 is 32.6 Å². The molecule has 34 heavy (non-hydrogen) atoms. The summed E-state index contributed by atoms with van der Waals surface area (Å²) in [7, 11) is 1.83. The summed E-state index contributed by atoms with van der Waals surface area (Å²) in [5.41, 5.74) is 3.93. The molecule has 2 atom stereocenters. The number of benzene rings is 2. The topological polar surface area (TPSA) is 92.1 Å². The monoisotopic (exact) mass is 485 g/mol. The molecule has 4 rings (SSSR count). The zero-order valence-electron chi connectivity index (χ0n) is 20.4. The Bertz CT molecular complexity index is 1330. The summed E-state index contributed by atoms with van der Waals surface area (Å²) in [5.74, 6) is 0.168. The number of nitrogens with zero attached hydrogens (tertiary/aromatic N) is 2. The van der Waals surface area contributed by atoms with Crippen molar-refractivity contribution in [3.8, 4) is 11.3 Å². The van der Waals surface area contributed by atoms with Gasteiger partial charge in [-0.25, -0.2) is 8.42 Å². The summed E-state index contributed by atoms with van der Waals surface area (Å²) in [6, 6.07) is 11.3. The van der Waals surface area contributed by atoms with Crippen LogP contribution in [-0.2, 0) is 14.8 Å². The highest BCUT2D eigenvalue weighted by Gasteiger charge is 2.34. The molecule has 0 radical (unpaired) electrons. The molecule has 1 aliphatic rings. The van der Waals surface area contributed by atoms with Crippen LogP contribution in [0.1, 0.15) is 34.5 Å². The first-order valence-corrected chi connectivity index (χ1v) is 13.0. The number of sulfonamides is 1. The molecule has 2 aromatic carbocycles. The van der Waals surface area contributed by atoms with Crippen LogP contribution < -0.4 is 9.62 Å². The number of hydrogen-bond acceptors (Lipinski definition) is 6. The molecule has 182 valence electrons. The van der Waals surface area contributed by atoms with Crippen molar-refractivity contribution in [2.45, 2.75) is 26.1 Å². The second-order valence-electron chi connectivity index (χ2n) is 9.12. The van der Waals surface area contributed by atoms with Crippen molar-refractivity contribution in [3.63, 3.8) is 0 Å². The maximum absolute atomic E-state index is 12.9. The van der Waals surface area contributed by atoms with Crippen molar-refractivity contribution in [3.05, 3.63) is 53.1 Å². The highest BCUT2D eigenvalue weighted by atomic mass is 32.2. The Morgan fingerprint density at radius 2 is 1.88 bits per heavy atom. The summed E-state index contributed by atoms with van der Waals surface area (Å²) in [6.45, 7) is 4.65. The number of nitrogens with one attached hydrogen (secondary N) is 1. The van der Waals surface area contributed by atoms with E-state index in [0.29, 0.717) is 40.1 Å². The van der Waals surface area contributed by atoms with E-state index in [2.05, 4.69) is 5.32 Å². The van der Waals surface area contributed by atoms with Crippen LogP contribution in [-0.4, -0.2) is 65.8 Å². The molecule has 3 aromatic rings. The van der Waals surface area contributed by atoms with Crippen LogP contribution in [0.25, 0.3) is 22.3 Å². The van der Waals surface area contributed by atoms with E-state index in [1.807, 2.05) is 63.2 Å². The molecule has 0 fully saturated rings. The molecule has 1 N–H and O–H groups in total. The molecule has 2 unspecified atom stereocenters. The number of hydrogen-bond donors (Lipinski definition) is 1. The molecule has 8 nitrogen and oxygen atoms in total. The first kappa shape index (κ1) is 24.3. The third-order valence-corrected chi connectivity index (χ3v) is 7.19. The van der Waals surface area contributed by atoms with Crippen molar-refractivity contribution in [2.75, 3.05) is 44.8 Å². The van der Waals surface area contributed by atoms with Crippen LogP contribution in [0.4, 0.5) is 5.69 Å². The number of carbonyl (C=O) groups excluding carboxylic acids is 1. The van der Waals surface area contributed by atoms with E-state index in [1.165, 1.54) is 10.6 Å². The molecule has 1 aliphatic heterocycles. The first-order valence-electron chi connectivity index (χ1n) is 11.2. The molecule has 9 heteroatoms. The van der Waals surface area contributed by atoms with Gasteiger partial charge in [0.05, 0.1) is 36.3 Å². The number of ether oxygens (including phenoxy) is 1. The molecule has 1 aromatic heterocycles. The fourth-order valence-electron chi connectivity index (χ4n) is 4.46. The molecule has 0 aliphatic carbocycles. The SMILES string of the molecule is CNC(=O)c1c(-c2ccc(C)cc2)oc2cc3c(cc12)C(C)OC(CN(C)C)CN3S(C)(=O)=O. The Kier molecular flexibility index (Phi) is 6.46. The van der Waals surface area contributed by atoms with E-state index in [0.717, 1.165) is 11.1 Å². The lowest BCUT2D eigenvalue weighted by molar-refractivity contribution is -0.00546. The van der Waals surface area contributed by atoms with Gasteiger partial charge in [0.15, 0.2) is 0 Å². The van der Waals surface area contributed by atoms with Gasteiger partial charge in [-0.2, -0.15) is 0 Å². The molecule has 0 saturated heterocycles. The van der Waals surface area contributed by atoms with E-state index in [4.69, 9.17) is 9.15 Å². The van der Waals surface area contributed by atoms with E-state index >= 15 is 0 Å². The van der Waals surface area contributed by atoms with Crippen LogP contribution in [0, 0.1) is 6.92 Å². The first-order chi connectivity index (χ1) is 16.0. The third-order valence-electron chi connectivity index (χ3n) is 6.05. The highest BCUT2D eigenvalue weighted by Crippen LogP contribution is 2.42. The van der Waals surface area contributed by atoms with Crippen LogP contribution in [0.15, 0.2) is 40.8 Å². The van der Waals surface area contributed by atoms with E-state index in [9.17, 15) is 13.2 Å². The minimum atomic E-state index is -3.59. The quantitative estimate of drug-likeness (QED) is 0.594. The summed E-state index contributed by atoms with van der Waals surface area (Å²) in [4.78, 5) is 14.9. The summed E-state index contributed by atoms with van der Waals surface area (Å²) >= 11 is 0. The highest BCUT2D eigenvalue weighted by molar-refractivity contribution is 7.92. The normalized spacial score (nSPS) is 18.7. The van der Waals surface area contributed by atoms with E-state index in [1.54, 1.807) is 13.1 Å². The number of furan rings is 1. The number of rotatable bonds is 5. The molecular formula is C25H31N3O5S. The average molecular weight is 486 g/mol. The van der Waals surface area contributed by atoms with Gasteiger partial charge < -0.3 is 19.4 Å². The fourth-order valence-corrected chi connectivity index (χ4v) is 5.41. The zero-order valence-corrected chi connectivity index (χ0v) is 21.2. The minimum absolute atomic E-state index is 0.188. The number of amides is 1. The second kappa shape index (κ2) is 9.05. The lowest BCUT2D eigenvalue weighted by Gasteiger charge is -2.26. The van der Waals surface area contributed by atoms with Gasteiger partial charge in [0, 0.05) is 36.2 Å². The second-order valence-corrected chi connectivity index (χ2v) is 11.0. The van der Waals surface area contributed by atoms with Gasteiger partial charge in [-0.3, -0.25) is 9.10 Å². The van der Waals surface area contributed by atoms with Crippen LogP contribution in [0.5, 0.6) is 0 Å². The summed E-state index contributed by atoms with van der Waals surface area (Å²) in [6.07, 6.45) is 0.491. The lowest BCUT2D eigenvalue weighted by atomic mass is 10.00. The Morgan fingerprint density at radius 3 is 2.47 bits per heavy atom. The average Bonchev–Trinajstić information content (AvgIpc) is 3.06. The van der Waals surface area contributed by atoms with Gasteiger partial charge in [0.2, 0.25) is 10.0 Å². The van der Waals surface area contributed by atoms with Gasteiger partial charge in [0.25, 0.3) is 5.91 Å². The largest absolute Gasteiger partial charge is 0.455 e. The van der Waals surface area contributed by atoms with Crippen molar-refractivity contribution in [1.29, 1.82) is 0 Å². The van der Waals surface area contributed by atoms with Gasteiger partial charge in [-0.1, -0.05) is 29.8 Å². The van der Waals surface area contributed by atoms with Gasteiger partial charge in [-0.15, -0.1) is 0 Å². The summed E-state index contributed by atoms with van der Waals surface area (Å²) < 4.78 is 39.5. The number of anilines is 1. The minimum Gasteiger partial charge on any atom is -0.455 e. The Hall–Kier alpha value is -2.88. The van der Waals surface area contributed by atoms with Gasteiger partial charge in [-0.05, 0) is 34.0 Å². The van der Waals surface area contributed by atoms with Crippen molar-refractivity contribution < 1.29 is 22.4 Å². The molecule has 0 saturated carbocycles. The smallest absolute Gasteiger partial charge is 0.255 e.